The number of carbonyl (C=O) groups excluding carboxylic acids is 1. The van der Waals surface area contributed by atoms with Crippen molar-refractivity contribution in [1.82, 2.24) is 4.90 Å². The topological polar surface area (TPSA) is 49.8 Å². The molecule has 4 heteroatoms. The summed E-state index contributed by atoms with van der Waals surface area (Å²) in [5.41, 5.74) is 0.649. The highest BCUT2D eigenvalue weighted by atomic mass is 16.5. The normalized spacial score (nSPS) is 18.9. The lowest BCUT2D eigenvalue weighted by Crippen LogP contribution is -2.37. The standard InChI is InChI=1S/C15H21NO3/c1-11(2)19-14-7-5-12(6-8-14)15(18)16-9-3-4-13(16)10-17/h5-8,11,13,17H,3-4,9-10H2,1-2H3/t13-/m1/s1. The minimum absolute atomic E-state index is 0.00681. The summed E-state index contributed by atoms with van der Waals surface area (Å²) in [6.07, 6.45) is 1.97. The Balaban J connectivity index is 2.07. The molecule has 1 aromatic rings. The molecule has 0 saturated carbocycles. The lowest BCUT2D eigenvalue weighted by atomic mass is 10.1. The van der Waals surface area contributed by atoms with Gasteiger partial charge in [-0.2, -0.15) is 0 Å². The number of ether oxygens (including phenoxy) is 1. The van der Waals surface area contributed by atoms with Gasteiger partial charge in [-0.25, -0.2) is 0 Å². The second-order valence-corrected chi connectivity index (χ2v) is 5.17. The van der Waals surface area contributed by atoms with Crippen LogP contribution in [0.5, 0.6) is 5.75 Å². The van der Waals surface area contributed by atoms with Gasteiger partial charge in [-0.3, -0.25) is 4.79 Å². The molecule has 0 aromatic heterocycles. The second kappa shape index (κ2) is 6.06. The second-order valence-electron chi connectivity index (χ2n) is 5.17. The highest BCUT2D eigenvalue weighted by molar-refractivity contribution is 5.94. The Morgan fingerprint density at radius 2 is 2.11 bits per heavy atom. The summed E-state index contributed by atoms with van der Waals surface area (Å²) >= 11 is 0. The summed E-state index contributed by atoms with van der Waals surface area (Å²) < 4.78 is 5.55. The Morgan fingerprint density at radius 3 is 2.68 bits per heavy atom. The number of aliphatic hydroxyl groups is 1. The molecular weight excluding hydrogens is 242 g/mol. The van der Waals surface area contributed by atoms with E-state index < -0.39 is 0 Å². The quantitative estimate of drug-likeness (QED) is 0.904. The van der Waals surface area contributed by atoms with Crippen molar-refractivity contribution < 1.29 is 14.6 Å². The van der Waals surface area contributed by atoms with Crippen molar-refractivity contribution in [3.8, 4) is 5.75 Å². The monoisotopic (exact) mass is 263 g/mol. The van der Waals surface area contributed by atoms with Gasteiger partial charge in [-0.15, -0.1) is 0 Å². The van der Waals surface area contributed by atoms with Crippen LogP contribution in [0.4, 0.5) is 0 Å². The van der Waals surface area contributed by atoms with Crippen LogP contribution in [0.15, 0.2) is 24.3 Å². The molecule has 0 unspecified atom stereocenters. The van der Waals surface area contributed by atoms with Crippen molar-refractivity contribution in [1.29, 1.82) is 0 Å². The minimum Gasteiger partial charge on any atom is -0.491 e. The maximum absolute atomic E-state index is 12.3. The summed E-state index contributed by atoms with van der Waals surface area (Å²) in [7, 11) is 0. The lowest BCUT2D eigenvalue weighted by molar-refractivity contribution is 0.0677. The van der Waals surface area contributed by atoms with Gasteiger partial charge in [0.05, 0.1) is 18.8 Å². The molecular formula is C15H21NO3. The molecule has 104 valence electrons. The molecule has 1 heterocycles. The molecule has 1 aliphatic heterocycles. The molecule has 1 saturated heterocycles. The van der Waals surface area contributed by atoms with E-state index in [0.717, 1.165) is 25.1 Å². The van der Waals surface area contributed by atoms with Crippen LogP contribution >= 0.6 is 0 Å². The molecule has 0 radical (unpaired) electrons. The number of carbonyl (C=O) groups is 1. The lowest BCUT2D eigenvalue weighted by Gasteiger charge is -2.23. The van der Waals surface area contributed by atoms with Gasteiger partial charge >= 0.3 is 0 Å². The summed E-state index contributed by atoms with van der Waals surface area (Å²) in [6.45, 7) is 4.71. The molecule has 0 spiro atoms. The third-order valence-electron chi connectivity index (χ3n) is 3.32. The zero-order chi connectivity index (χ0) is 13.8. The van der Waals surface area contributed by atoms with Gasteiger partial charge in [-0.1, -0.05) is 0 Å². The average Bonchev–Trinajstić information content (AvgIpc) is 2.86. The third-order valence-corrected chi connectivity index (χ3v) is 3.32. The first-order valence-electron chi connectivity index (χ1n) is 6.80. The predicted octanol–water partition coefficient (Wildman–Crippen LogP) is 2.07. The molecule has 2 rings (SSSR count). The Hall–Kier alpha value is -1.55. The fourth-order valence-corrected chi connectivity index (χ4v) is 2.41. The maximum Gasteiger partial charge on any atom is 0.254 e. The smallest absolute Gasteiger partial charge is 0.254 e. The third kappa shape index (κ3) is 3.26. The molecule has 1 aromatic carbocycles. The van der Waals surface area contributed by atoms with Gasteiger partial charge in [0.1, 0.15) is 5.75 Å². The number of hydrogen-bond acceptors (Lipinski definition) is 3. The van der Waals surface area contributed by atoms with Crippen LogP contribution < -0.4 is 4.74 Å². The number of nitrogens with zero attached hydrogens (tertiary/aromatic N) is 1. The average molecular weight is 263 g/mol. The molecule has 1 amide bonds. The van der Waals surface area contributed by atoms with Crippen molar-refractivity contribution in [2.75, 3.05) is 13.2 Å². The summed E-state index contributed by atoms with van der Waals surface area (Å²) in [4.78, 5) is 14.1. The minimum atomic E-state index is -0.0286. The Morgan fingerprint density at radius 1 is 1.42 bits per heavy atom. The highest BCUT2D eigenvalue weighted by Gasteiger charge is 2.28. The van der Waals surface area contributed by atoms with E-state index in [2.05, 4.69) is 0 Å². The van der Waals surface area contributed by atoms with Crippen LogP contribution in [0.2, 0.25) is 0 Å². The highest BCUT2D eigenvalue weighted by Crippen LogP contribution is 2.21. The fourth-order valence-electron chi connectivity index (χ4n) is 2.41. The molecule has 1 aliphatic rings. The molecule has 0 bridgehead atoms. The first-order valence-corrected chi connectivity index (χ1v) is 6.80. The van der Waals surface area contributed by atoms with Crippen molar-refractivity contribution in [2.45, 2.75) is 38.8 Å². The van der Waals surface area contributed by atoms with E-state index >= 15 is 0 Å². The SMILES string of the molecule is CC(C)Oc1ccc(C(=O)N2CCC[C@@H]2CO)cc1. The number of benzene rings is 1. The van der Waals surface area contributed by atoms with E-state index in [1.807, 2.05) is 26.0 Å². The van der Waals surface area contributed by atoms with Crippen LogP contribution in [-0.2, 0) is 0 Å². The predicted molar refractivity (Wildman–Crippen MR) is 73.4 cm³/mol. The van der Waals surface area contributed by atoms with E-state index in [4.69, 9.17) is 4.74 Å². The zero-order valence-electron chi connectivity index (χ0n) is 11.5. The number of hydrogen-bond donors (Lipinski definition) is 1. The van der Waals surface area contributed by atoms with E-state index in [-0.39, 0.29) is 24.7 Å². The Kier molecular flexibility index (Phi) is 4.43. The van der Waals surface area contributed by atoms with E-state index in [1.165, 1.54) is 0 Å². The summed E-state index contributed by atoms with van der Waals surface area (Å²) in [5.74, 6) is 0.763. The fraction of sp³-hybridized carbons (Fsp3) is 0.533. The number of aliphatic hydroxyl groups excluding tert-OH is 1. The van der Waals surface area contributed by atoms with Crippen LogP contribution in [0.25, 0.3) is 0 Å². The first-order chi connectivity index (χ1) is 9.11. The Bertz CT molecular complexity index is 428. The van der Waals surface area contributed by atoms with Crippen molar-refractivity contribution in [3.63, 3.8) is 0 Å². The van der Waals surface area contributed by atoms with Crippen molar-refractivity contribution in [2.24, 2.45) is 0 Å². The summed E-state index contributed by atoms with van der Waals surface area (Å²) in [6, 6.07) is 7.17. The molecule has 4 nitrogen and oxygen atoms in total. The first kappa shape index (κ1) is 13.9. The molecule has 1 atom stereocenters. The number of rotatable bonds is 4. The van der Waals surface area contributed by atoms with Crippen molar-refractivity contribution >= 4 is 5.91 Å². The summed E-state index contributed by atoms with van der Waals surface area (Å²) in [5, 5.41) is 9.26. The molecule has 1 N–H and O–H groups in total. The van der Waals surface area contributed by atoms with Crippen LogP contribution in [0.3, 0.4) is 0 Å². The van der Waals surface area contributed by atoms with Gasteiger partial charge in [0.15, 0.2) is 0 Å². The number of likely N-dealkylation sites (tertiary alicyclic amines) is 1. The molecule has 19 heavy (non-hydrogen) atoms. The molecule has 1 fully saturated rings. The van der Waals surface area contributed by atoms with Gasteiger partial charge in [0, 0.05) is 12.1 Å². The number of amides is 1. The van der Waals surface area contributed by atoms with Gasteiger partial charge in [0.25, 0.3) is 5.91 Å². The molecule has 0 aliphatic carbocycles. The van der Waals surface area contributed by atoms with E-state index in [0.29, 0.717) is 5.56 Å². The zero-order valence-corrected chi connectivity index (χ0v) is 11.5. The van der Waals surface area contributed by atoms with E-state index in [9.17, 15) is 9.90 Å². The van der Waals surface area contributed by atoms with Crippen LogP contribution in [0.1, 0.15) is 37.0 Å². The van der Waals surface area contributed by atoms with Gasteiger partial charge in [0.2, 0.25) is 0 Å². The Labute approximate surface area is 114 Å². The maximum atomic E-state index is 12.3. The van der Waals surface area contributed by atoms with Gasteiger partial charge in [-0.05, 0) is 51.0 Å². The van der Waals surface area contributed by atoms with Crippen molar-refractivity contribution in [3.05, 3.63) is 29.8 Å². The van der Waals surface area contributed by atoms with E-state index in [1.54, 1.807) is 17.0 Å². The largest absolute Gasteiger partial charge is 0.491 e. The van der Waals surface area contributed by atoms with Gasteiger partial charge < -0.3 is 14.7 Å². The van der Waals surface area contributed by atoms with Crippen LogP contribution in [-0.4, -0.2) is 41.2 Å². The van der Waals surface area contributed by atoms with Crippen LogP contribution in [0, 0.1) is 0 Å².